The summed E-state index contributed by atoms with van der Waals surface area (Å²) in [7, 11) is 0. The van der Waals surface area contributed by atoms with Crippen molar-refractivity contribution in [2.45, 2.75) is 32.5 Å². The van der Waals surface area contributed by atoms with Crippen LogP contribution in [0.4, 0.5) is 10.5 Å². The number of benzene rings is 1. The molecule has 20 heavy (non-hydrogen) atoms. The summed E-state index contributed by atoms with van der Waals surface area (Å²) >= 11 is 5.77. The number of aliphatic hydroxyl groups excluding tert-OH is 1. The van der Waals surface area contributed by atoms with Gasteiger partial charge in [0, 0.05) is 23.8 Å². The zero-order valence-corrected chi connectivity index (χ0v) is 12.7. The number of alkyl carbamates (subject to hydrolysis) is 1. The van der Waals surface area contributed by atoms with Crippen molar-refractivity contribution < 1.29 is 14.6 Å². The van der Waals surface area contributed by atoms with E-state index in [0.29, 0.717) is 11.6 Å². The first-order valence-electron chi connectivity index (χ1n) is 6.40. The number of rotatable bonds is 5. The van der Waals surface area contributed by atoms with Gasteiger partial charge in [-0.15, -0.1) is 0 Å². The maximum Gasteiger partial charge on any atom is 0.407 e. The fourth-order valence-electron chi connectivity index (χ4n) is 1.39. The van der Waals surface area contributed by atoms with Gasteiger partial charge in [0.1, 0.15) is 5.60 Å². The molecule has 1 unspecified atom stereocenters. The normalized spacial score (nSPS) is 12.7. The SMILES string of the molecule is CC(C)(C)OC(=O)NCC(O)CNc1ccc(Cl)cc1. The summed E-state index contributed by atoms with van der Waals surface area (Å²) in [6, 6.07) is 7.15. The molecule has 1 rings (SSSR count). The summed E-state index contributed by atoms with van der Waals surface area (Å²) in [6.07, 6.45) is -1.25. The lowest BCUT2D eigenvalue weighted by Crippen LogP contribution is -2.39. The van der Waals surface area contributed by atoms with Crippen molar-refractivity contribution in [3.63, 3.8) is 0 Å². The molecule has 0 saturated heterocycles. The van der Waals surface area contributed by atoms with Gasteiger partial charge in [-0.25, -0.2) is 4.79 Å². The Morgan fingerprint density at radius 3 is 2.45 bits per heavy atom. The molecule has 0 aliphatic heterocycles. The Kier molecular flexibility index (Phi) is 6.10. The fourth-order valence-corrected chi connectivity index (χ4v) is 1.52. The third kappa shape index (κ3) is 7.21. The van der Waals surface area contributed by atoms with E-state index in [1.165, 1.54) is 0 Å². The number of ether oxygens (including phenoxy) is 1. The molecule has 0 bridgehead atoms. The van der Waals surface area contributed by atoms with Gasteiger partial charge in [-0.05, 0) is 45.0 Å². The molecule has 1 aromatic carbocycles. The van der Waals surface area contributed by atoms with Crippen LogP contribution < -0.4 is 10.6 Å². The smallest absolute Gasteiger partial charge is 0.407 e. The number of carbonyl (C=O) groups excluding carboxylic acids is 1. The summed E-state index contributed by atoms with van der Waals surface area (Å²) in [4.78, 5) is 11.4. The molecule has 0 aliphatic rings. The van der Waals surface area contributed by atoms with Gasteiger partial charge < -0.3 is 20.5 Å². The second-order valence-corrected chi connectivity index (χ2v) is 5.86. The molecular weight excluding hydrogens is 280 g/mol. The predicted octanol–water partition coefficient (Wildman–Crippen LogP) is 2.64. The molecule has 0 heterocycles. The number of hydrogen-bond donors (Lipinski definition) is 3. The van der Waals surface area contributed by atoms with Crippen LogP contribution >= 0.6 is 11.6 Å². The summed E-state index contributed by atoms with van der Waals surface area (Å²) < 4.78 is 5.07. The topological polar surface area (TPSA) is 70.6 Å². The lowest BCUT2D eigenvalue weighted by atomic mass is 10.2. The Morgan fingerprint density at radius 2 is 1.90 bits per heavy atom. The standard InChI is InChI=1S/C14H21ClN2O3/c1-14(2,3)20-13(19)17-9-12(18)8-16-11-6-4-10(15)5-7-11/h4-7,12,16,18H,8-9H2,1-3H3,(H,17,19). The second kappa shape index (κ2) is 7.36. The monoisotopic (exact) mass is 300 g/mol. The molecule has 0 spiro atoms. The van der Waals surface area contributed by atoms with Gasteiger partial charge in [-0.3, -0.25) is 0 Å². The van der Waals surface area contributed by atoms with E-state index in [-0.39, 0.29) is 6.54 Å². The average molecular weight is 301 g/mol. The number of nitrogens with one attached hydrogen (secondary N) is 2. The third-order valence-electron chi connectivity index (χ3n) is 2.27. The zero-order chi connectivity index (χ0) is 15.2. The molecule has 6 heteroatoms. The lowest BCUT2D eigenvalue weighted by Gasteiger charge is -2.20. The van der Waals surface area contributed by atoms with Crippen molar-refractivity contribution in [3.05, 3.63) is 29.3 Å². The van der Waals surface area contributed by atoms with E-state index in [4.69, 9.17) is 16.3 Å². The van der Waals surface area contributed by atoms with Crippen molar-refractivity contribution in [2.24, 2.45) is 0 Å². The fraction of sp³-hybridized carbons (Fsp3) is 0.500. The Balaban J connectivity index is 2.25. The van der Waals surface area contributed by atoms with Gasteiger partial charge in [0.2, 0.25) is 0 Å². The minimum absolute atomic E-state index is 0.121. The summed E-state index contributed by atoms with van der Waals surface area (Å²) in [5.41, 5.74) is 0.307. The van der Waals surface area contributed by atoms with E-state index < -0.39 is 17.8 Å². The highest BCUT2D eigenvalue weighted by Crippen LogP contribution is 2.13. The predicted molar refractivity (Wildman–Crippen MR) is 80.2 cm³/mol. The van der Waals surface area contributed by atoms with Crippen LogP contribution in [0.1, 0.15) is 20.8 Å². The van der Waals surface area contributed by atoms with Crippen LogP contribution in [0.25, 0.3) is 0 Å². The summed E-state index contributed by atoms with van der Waals surface area (Å²) in [5.74, 6) is 0. The minimum Gasteiger partial charge on any atom is -0.444 e. The molecule has 0 saturated carbocycles. The van der Waals surface area contributed by atoms with Crippen LogP contribution in [-0.4, -0.2) is 36.0 Å². The number of hydrogen-bond acceptors (Lipinski definition) is 4. The molecule has 1 aromatic rings. The average Bonchev–Trinajstić information content (AvgIpc) is 2.33. The quantitative estimate of drug-likeness (QED) is 0.782. The van der Waals surface area contributed by atoms with Crippen molar-refractivity contribution in [2.75, 3.05) is 18.4 Å². The Bertz CT molecular complexity index is 429. The maximum absolute atomic E-state index is 11.4. The number of amides is 1. The first-order valence-corrected chi connectivity index (χ1v) is 6.78. The Morgan fingerprint density at radius 1 is 1.30 bits per heavy atom. The molecule has 1 atom stereocenters. The third-order valence-corrected chi connectivity index (χ3v) is 2.52. The number of carbonyl (C=O) groups is 1. The van der Waals surface area contributed by atoms with Crippen molar-refractivity contribution >= 4 is 23.4 Å². The highest BCUT2D eigenvalue weighted by Gasteiger charge is 2.16. The second-order valence-electron chi connectivity index (χ2n) is 5.42. The Labute approximate surface area is 124 Å². The number of aliphatic hydroxyl groups is 1. The molecule has 0 aliphatic carbocycles. The molecular formula is C14H21ClN2O3. The van der Waals surface area contributed by atoms with E-state index in [1.54, 1.807) is 32.9 Å². The largest absolute Gasteiger partial charge is 0.444 e. The molecule has 1 amide bonds. The molecule has 112 valence electrons. The van der Waals surface area contributed by atoms with Gasteiger partial charge >= 0.3 is 6.09 Å². The molecule has 0 radical (unpaired) electrons. The first kappa shape index (κ1) is 16.6. The zero-order valence-electron chi connectivity index (χ0n) is 11.9. The first-order chi connectivity index (χ1) is 9.26. The van der Waals surface area contributed by atoms with Crippen LogP contribution in [0, 0.1) is 0 Å². The maximum atomic E-state index is 11.4. The Hall–Kier alpha value is -1.46. The molecule has 0 fully saturated rings. The molecule has 5 nitrogen and oxygen atoms in total. The van der Waals surface area contributed by atoms with Crippen LogP contribution in [-0.2, 0) is 4.74 Å². The van der Waals surface area contributed by atoms with E-state index in [9.17, 15) is 9.90 Å². The van der Waals surface area contributed by atoms with Gasteiger partial charge in [0.25, 0.3) is 0 Å². The van der Waals surface area contributed by atoms with Crippen molar-refractivity contribution in [1.29, 1.82) is 0 Å². The van der Waals surface area contributed by atoms with Crippen molar-refractivity contribution in [3.8, 4) is 0 Å². The number of anilines is 1. The van der Waals surface area contributed by atoms with Gasteiger partial charge in [0.05, 0.1) is 6.10 Å². The number of halogens is 1. The van der Waals surface area contributed by atoms with E-state index in [2.05, 4.69) is 10.6 Å². The highest BCUT2D eigenvalue weighted by molar-refractivity contribution is 6.30. The van der Waals surface area contributed by atoms with Crippen LogP contribution in [0.5, 0.6) is 0 Å². The lowest BCUT2D eigenvalue weighted by molar-refractivity contribution is 0.0496. The molecule has 0 aromatic heterocycles. The summed E-state index contributed by atoms with van der Waals surface area (Å²) in [6.45, 7) is 5.79. The van der Waals surface area contributed by atoms with Gasteiger partial charge in [-0.1, -0.05) is 11.6 Å². The summed E-state index contributed by atoms with van der Waals surface area (Å²) in [5, 5.41) is 16.0. The van der Waals surface area contributed by atoms with Crippen LogP contribution in [0.2, 0.25) is 5.02 Å². The molecule has 3 N–H and O–H groups in total. The van der Waals surface area contributed by atoms with Crippen LogP contribution in [0.15, 0.2) is 24.3 Å². The van der Waals surface area contributed by atoms with E-state index in [1.807, 2.05) is 12.1 Å². The minimum atomic E-state index is -0.710. The van der Waals surface area contributed by atoms with E-state index >= 15 is 0 Å². The van der Waals surface area contributed by atoms with Crippen LogP contribution in [0.3, 0.4) is 0 Å². The van der Waals surface area contributed by atoms with Crippen molar-refractivity contribution in [1.82, 2.24) is 5.32 Å². The van der Waals surface area contributed by atoms with Gasteiger partial charge in [0.15, 0.2) is 0 Å². The highest BCUT2D eigenvalue weighted by atomic mass is 35.5. The van der Waals surface area contributed by atoms with Gasteiger partial charge in [-0.2, -0.15) is 0 Å². The van der Waals surface area contributed by atoms with E-state index in [0.717, 1.165) is 5.69 Å².